The Bertz CT molecular complexity index is 831. The Morgan fingerprint density at radius 1 is 1.37 bits per heavy atom. The third kappa shape index (κ3) is 5.70. The zero-order valence-electron chi connectivity index (χ0n) is 16.3. The molecule has 1 aliphatic carbocycles. The van der Waals surface area contributed by atoms with Crippen molar-refractivity contribution in [3.05, 3.63) is 42.4 Å². The number of carboxylic acids is 1. The average molecular weight is 428 g/mol. The fraction of sp³-hybridized carbons (Fsp3) is 0.526. The van der Waals surface area contributed by atoms with Crippen LogP contribution in [0.5, 0.6) is 5.88 Å². The van der Waals surface area contributed by atoms with Gasteiger partial charge >= 0.3 is 12.1 Å². The van der Waals surface area contributed by atoms with Gasteiger partial charge < -0.3 is 14.6 Å². The van der Waals surface area contributed by atoms with Gasteiger partial charge in [0.25, 0.3) is 0 Å². The quantitative estimate of drug-likeness (QED) is 0.799. The molecule has 3 heterocycles. The van der Waals surface area contributed by atoms with Gasteiger partial charge in [-0.15, -0.1) is 0 Å². The third-order valence-electron chi connectivity index (χ3n) is 4.95. The third-order valence-corrected chi connectivity index (χ3v) is 4.95. The van der Waals surface area contributed by atoms with Gasteiger partial charge in [-0.25, -0.2) is 9.78 Å². The van der Waals surface area contributed by atoms with E-state index in [-0.39, 0.29) is 12.2 Å². The maximum Gasteiger partial charge on any atom is 0.490 e. The molecule has 0 spiro atoms. The summed E-state index contributed by atoms with van der Waals surface area (Å²) in [6, 6.07) is 6.17. The number of hydrogen-bond donors (Lipinski definition) is 1. The summed E-state index contributed by atoms with van der Waals surface area (Å²) in [5.41, 5.74) is 1.25. The molecule has 1 aliphatic heterocycles. The first-order chi connectivity index (χ1) is 14.2. The summed E-state index contributed by atoms with van der Waals surface area (Å²) >= 11 is 0. The number of carboxylic acid groups (broad SMARTS) is 1. The van der Waals surface area contributed by atoms with E-state index in [1.54, 1.807) is 6.20 Å². The van der Waals surface area contributed by atoms with Crippen molar-refractivity contribution < 1.29 is 32.5 Å². The van der Waals surface area contributed by atoms with Crippen LogP contribution in [0.25, 0.3) is 0 Å². The fourth-order valence-electron chi connectivity index (χ4n) is 3.67. The van der Waals surface area contributed by atoms with Crippen LogP contribution < -0.4 is 4.74 Å². The van der Waals surface area contributed by atoms with Gasteiger partial charge in [-0.05, 0) is 18.9 Å². The van der Waals surface area contributed by atoms with Gasteiger partial charge in [0, 0.05) is 50.2 Å². The van der Waals surface area contributed by atoms with E-state index in [9.17, 15) is 13.2 Å². The number of aryl methyl sites for hydroxylation is 1. The Morgan fingerprint density at radius 3 is 2.73 bits per heavy atom. The normalized spacial score (nSPS) is 23.9. The SMILES string of the molecule is Cn1cc(CN2CCO[C@H]3[C@@H](Oc4ccccn4)CC[C@@H]32)cn1.O=C(O)C(F)(F)F. The summed E-state index contributed by atoms with van der Waals surface area (Å²) in [7, 11) is 1.96. The minimum atomic E-state index is -5.08. The number of rotatable bonds is 4. The number of pyridine rings is 1. The number of hydrogen-bond acceptors (Lipinski definition) is 6. The van der Waals surface area contributed by atoms with Gasteiger partial charge in [-0.3, -0.25) is 9.58 Å². The predicted molar refractivity (Wildman–Crippen MR) is 98.7 cm³/mol. The number of ether oxygens (including phenoxy) is 2. The van der Waals surface area contributed by atoms with E-state index in [4.69, 9.17) is 19.4 Å². The molecule has 8 nitrogen and oxygen atoms in total. The average Bonchev–Trinajstić information content (AvgIpc) is 3.29. The highest BCUT2D eigenvalue weighted by molar-refractivity contribution is 5.73. The Morgan fingerprint density at radius 2 is 2.13 bits per heavy atom. The number of halogens is 3. The summed E-state index contributed by atoms with van der Waals surface area (Å²) in [5, 5.41) is 11.4. The maximum absolute atomic E-state index is 10.6. The van der Waals surface area contributed by atoms with Crippen LogP contribution in [0.15, 0.2) is 36.8 Å². The number of aromatic nitrogens is 3. The first-order valence-corrected chi connectivity index (χ1v) is 9.45. The lowest BCUT2D eigenvalue weighted by molar-refractivity contribution is -0.192. The smallest absolute Gasteiger partial charge is 0.475 e. The topological polar surface area (TPSA) is 89.7 Å². The molecule has 1 N–H and O–H groups in total. The lowest BCUT2D eigenvalue weighted by Crippen LogP contribution is -2.51. The van der Waals surface area contributed by atoms with Crippen molar-refractivity contribution in [2.45, 2.75) is 43.8 Å². The summed E-state index contributed by atoms with van der Waals surface area (Å²) in [6.07, 6.45) is 3.03. The maximum atomic E-state index is 10.6. The van der Waals surface area contributed by atoms with Gasteiger partial charge in [-0.1, -0.05) is 6.07 Å². The molecule has 2 aromatic heterocycles. The molecule has 4 rings (SSSR count). The van der Waals surface area contributed by atoms with E-state index >= 15 is 0 Å². The van der Waals surface area contributed by atoms with Crippen LogP contribution in [0, 0.1) is 0 Å². The van der Waals surface area contributed by atoms with Crippen LogP contribution in [-0.4, -0.2) is 68.3 Å². The Kier molecular flexibility index (Phi) is 6.93. The van der Waals surface area contributed by atoms with Crippen molar-refractivity contribution in [3.63, 3.8) is 0 Å². The summed E-state index contributed by atoms with van der Waals surface area (Å²) in [5.74, 6) is -2.07. The van der Waals surface area contributed by atoms with E-state index in [2.05, 4.69) is 21.2 Å². The van der Waals surface area contributed by atoms with E-state index in [1.165, 1.54) is 5.56 Å². The summed E-state index contributed by atoms with van der Waals surface area (Å²) < 4.78 is 45.7. The van der Waals surface area contributed by atoms with Crippen LogP contribution in [0.3, 0.4) is 0 Å². The molecule has 0 bridgehead atoms. The number of carbonyl (C=O) groups is 1. The van der Waals surface area contributed by atoms with Crippen molar-refractivity contribution in [1.82, 2.24) is 19.7 Å². The first-order valence-electron chi connectivity index (χ1n) is 9.45. The number of morpholine rings is 1. The lowest BCUT2D eigenvalue weighted by atomic mass is 10.1. The standard InChI is InChI=1S/C17H22N4O2.C2HF3O2/c1-20-11-13(10-19-20)12-21-8-9-22-17-14(21)5-6-15(17)23-16-4-2-3-7-18-16;3-2(4,5)1(6)7/h2-4,7,10-11,14-15,17H,5-6,8-9,12H2,1H3;(H,6,7)/t14-,15-,17+;/m0./s1. The van der Waals surface area contributed by atoms with Gasteiger partial charge in [0.2, 0.25) is 5.88 Å². The number of aliphatic carboxylic acids is 1. The summed E-state index contributed by atoms with van der Waals surface area (Å²) in [4.78, 5) is 15.7. The molecule has 2 fully saturated rings. The second kappa shape index (κ2) is 9.43. The largest absolute Gasteiger partial charge is 0.490 e. The minimum absolute atomic E-state index is 0.0894. The highest BCUT2D eigenvalue weighted by atomic mass is 19.4. The number of nitrogens with zero attached hydrogens (tertiary/aromatic N) is 4. The summed E-state index contributed by atoms with van der Waals surface area (Å²) in [6.45, 7) is 2.64. The predicted octanol–water partition coefficient (Wildman–Crippen LogP) is 2.26. The van der Waals surface area contributed by atoms with Crippen molar-refractivity contribution in [2.24, 2.45) is 7.05 Å². The monoisotopic (exact) mass is 428 g/mol. The van der Waals surface area contributed by atoms with E-state index in [0.717, 1.165) is 32.5 Å². The minimum Gasteiger partial charge on any atom is -0.475 e. The van der Waals surface area contributed by atoms with Crippen molar-refractivity contribution in [3.8, 4) is 5.88 Å². The van der Waals surface area contributed by atoms with Crippen LogP contribution in [-0.2, 0) is 23.1 Å². The molecular formula is C19H23F3N4O4. The van der Waals surface area contributed by atoms with Gasteiger partial charge in [0.1, 0.15) is 12.2 Å². The van der Waals surface area contributed by atoms with Crippen molar-refractivity contribution in [1.29, 1.82) is 0 Å². The molecule has 0 radical (unpaired) electrons. The van der Waals surface area contributed by atoms with E-state index in [1.807, 2.05) is 36.1 Å². The molecule has 2 aromatic rings. The number of alkyl halides is 3. The molecule has 0 unspecified atom stereocenters. The lowest BCUT2D eigenvalue weighted by Gasteiger charge is -2.38. The van der Waals surface area contributed by atoms with Crippen molar-refractivity contribution >= 4 is 5.97 Å². The Balaban J connectivity index is 0.000000318. The van der Waals surface area contributed by atoms with Gasteiger partial charge in [0.05, 0.1) is 12.8 Å². The van der Waals surface area contributed by atoms with Crippen LogP contribution in [0.1, 0.15) is 18.4 Å². The molecule has 2 aliphatic rings. The Labute approximate surface area is 171 Å². The zero-order chi connectivity index (χ0) is 21.7. The first kappa shape index (κ1) is 22.0. The van der Waals surface area contributed by atoms with Crippen LogP contribution in [0.2, 0.25) is 0 Å². The number of fused-ring (bicyclic) bond motifs is 1. The van der Waals surface area contributed by atoms with Crippen LogP contribution in [0.4, 0.5) is 13.2 Å². The molecule has 3 atom stereocenters. The highest BCUT2D eigenvalue weighted by Gasteiger charge is 2.44. The Hall–Kier alpha value is -2.66. The van der Waals surface area contributed by atoms with Crippen LogP contribution >= 0.6 is 0 Å². The molecule has 0 amide bonds. The van der Waals surface area contributed by atoms with Crippen molar-refractivity contribution in [2.75, 3.05) is 13.2 Å². The highest BCUT2D eigenvalue weighted by Crippen LogP contribution is 2.33. The zero-order valence-corrected chi connectivity index (χ0v) is 16.3. The second-order valence-corrected chi connectivity index (χ2v) is 7.10. The van der Waals surface area contributed by atoms with E-state index < -0.39 is 12.1 Å². The fourth-order valence-corrected chi connectivity index (χ4v) is 3.67. The molecule has 164 valence electrons. The second-order valence-electron chi connectivity index (χ2n) is 7.10. The molecule has 0 aromatic carbocycles. The molecule has 11 heteroatoms. The molecule has 1 saturated carbocycles. The molecule has 30 heavy (non-hydrogen) atoms. The van der Waals surface area contributed by atoms with Gasteiger partial charge in [0.15, 0.2) is 0 Å². The van der Waals surface area contributed by atoms with E-state index in [0.29, 0.717) is 11.9 Å². The molecular weight excluding hydrogens is 405 g/mol. The van der Waals surface area contributed by atoms with Gasteiger partial charge in [-0.2, -0.15) is 18.3 Å². The molecule has 1 saturated heterocycles.